The minimum absolute atomic E-state index is 0.0146. The van der Waals surface area contributed by atoms with Crippen molar-refractivity contribution in [3.8, 4) is 12.1 Å². The maximum Gasteiger partial charge on any atom is 0.240 e. The molecule has 3 aliphatic rings. The average Bonchev–Trinajstić information content (AvgIpc) is 3.32. The number of nitrogens with zero attached hydrogens (tertiary/aromatic N) is 4. The molecule has 0 spiro atoms. The Kier molecular flexibility index (Phi) is 5.24. The molecule has 0 N–H and O–H groups in total. The van der Waals surface area contributed by atoms with Gasteiger partial charge in [-0.2, -0.15) is 10.5 Å². The molecule has 0 aliphatic heterocycles. The number of rotatable bonds is 2. The third kappa shape index (κ3) is 3.12. The number of Topliss-reactive ketones (excluding diaryl/α,β-unsaturated/α-hetero) is 2. The number of carbonyl (C=O) groups is 2. The van der Waals surface area contributed by atoms with Crippen LogP contribution >= 0.6 is 0 Å². The van der Waals surface area contributed by atoms with E-state index in [9.17, 15) is 14.9 Å². The molecule has 3 fully saturated rings. The highest BCUT2D eigenvalue weighted by molar-refractivity contribution is 5.95. The lowest BCUT2D eigenvalue weighted by molar-refractivity contribution is -0.127. The fourth-order valence-corrected chi connectivity index (χ4v) is 6.59. The molecule has 3 saturated carbocycles. The van der Waals surface area contributed by atoms with Crippen LogP contribution in [0.3, 0.4) is 0 Å². The Morgan fingerprint density at radius 3 is 1.94 bits per heavy atom. The van der Waals surface area contributed by atoms with Crippen LogP contribution < -0.4 is 0 Å². The zero-order valence-electron chi connectivity index (χ0n) is 18.3. The van der Waals surface area contributed by atoms with Crippen molar-refractivity contribution in [3.63, 3.8) is 0 Å². The van der Waals surface area contributed by atoms with Crippen LogP contribution in [0.15, 0.2) is 48.5 Å². The number of benzene rings is 2. The highest BCUT2D eigenvalue weighted by Crippen LogP contribution is 2.58. The van der Waals surface area contributed by atoms with E-state index in [0.717, 1.165) is 11.1 Å². The molecule has 0 bridgehead atoms. The molecule has 3 aliphatic carbocycles. The van der Waals surface area contributed by atoms with Gasteiger partial charge >= 0.3 is 0 Å². The third-order valence-corrected chi connectivity index (χ3v) is 8.11. The van der Waals surface area contributed by atoms with Gasteiger partial charge in [-0.3, -0.25) is 9.59 Å². The summed E-state index contributed by atoms with van der Waals surface area (Å²) in [5.41, 5.74) is 2.46. The zero-order valence-corrected chi connectivity index (χ0v) is 18.3. The maximum atomic E-state index is 13.5. The van der Waals surface area contributed by atoms with Crippen LogP contribution in [-0.4, -0.2) is 17.6 Å². The monoisotopic (exact) mass is 444 g/mol. The van der Waals surface area contributed by atoms with Gasteiger partial charge in [0.1, 0.15) is 11.7 Å². The van der Waals surface area contributed by atoms with Crippen molar-refractivity contribution < 1.29 is 9.59 Å². The van der Waals surface area contributed by atoms with Crippen LogP contribution in [0.2, 0.25) is 0 Å². The quantitative estimate of drug-likeness (QED) is 0.621. The summed E-state index contributed by atoms with van der Waals surface area (Å²) in [6, 6.07) is 17.6. The van der Waals surface area contributed by atoms with E-state index in [2.05, 4.69) is 21.8 Å². The summed E-state index contributed by atoms with van der Waals surface area (Å²) >= 11 is 0. The van der Waals surface area contributed by atoms with Crippen molar-refractivity contribution >= 4 is 17.3 Å². The summed E-state index contributed by atoms with van der Waals surface area (Å²) in [6.45, 7) is 15.0. The fourth-order valence-electron chi connectivity index (χ4n) is 6.59. The zero-order chi connectivity index (χ0) is 24.0. The van der Waals surface area contributed by atoms with Crippen molar-refractivity contribution in [3.05, 3.63) is 88.1 Å². The van der Waals surface area contributed by atoms with E-state index >= 15 is 0 Å². The Hall–Kier alpha value is -4.26. The topological polar surface area (TPSA) is 90.4 Å². The first-order valence-electron chi connectivity index (χ1n) is 11.3. The molecule has 164 valence electrons. The van der Waals surface area contributed by atoms with Crippen molar-refractivity contribution in [1.29, 1.82) is 10.5 Å². The molecule has 0 amide bonds. The van der Waals surface area contributed by atoms with Crippen LogP contribution in [0.25, 0.3) is 9.69 Å². The molecule has 8 atom stereocenters. The second-order valence-electron chi connectivity index (χ2n) is 9.48. The number of fused-ring (bicyclic) bond motifs is 2. The van der Waals surface area contributed by atoms with Gasteiger partial charge in [-0.25, -0.2) is 11.4 Å². The summed E-state index contributed by atoms with van der Waals surface area (Å²) in [5.74, 6) is -2.71. The van der Waals surface area contributed by atoms with E-state index in [4.69, 9.17) is 18.4 Å². The molecule has 0 heterocycles. The second-order valence-corrected chi connectivity index (χ2v) is 9.48. The number of carbonyl (C=O) groups excluding carboxylic acids is 2. The minimum Gasteiger partial charge on any atom is -0.312 e. The first-order chi connectivity index (χ1) is 16.5. The van der Waals surface area contributed by atoms with E-state index in [0.29, 0.717) is 24.1 Å². The lowest BCUT2D eigenvalue weighted by Gasteiger charge is -2.33. The van der Waals surface area contributed by atoms with Gasteiger partial charge in [-0.15, -0.1) is 0 Å². The first-order valence-corrected chi connectivity index (χ1v) is 11.3. The minimum atomic E-state index is -0.565. The number of nitriles is 2. The Morgan fingerprint density at radius 1 is 0.794 bits per heavy atom. The SMILES string of the molecule is [C-]#[N+]c1ccc(C2C(=O)C3CC4C(CC3C2[N+]#[C-])C(=O)C(c2ccc(C#N)cc2)C4C#N)cc1. The standard InChI is InChI=1S/C28H20N4O2/c1-31-18-9-7-17(8-10-18)25-26(32-2)20-12-21-19(11-22(20)28(25)34)23(14-30)24(27(21)33)16-5-3-15(13-29)4-6-16/h3-10,19-26H,11-12H2. The molecule has 2 aromatic carbocycles. The van der Waals surface area contributed by atoms with Crippen molar-refractivity contribution in [2.45, 2.75) is 30.7 Å². The van der Waals surface area contributed by atoms with Gasteiger partial charge in [0.25, 0.3) is 0 Å². The van der Waals surface area contributed by atoms with Gasteiger partial charge in [0.05, 0.1) is 36.1 Å². The fraction of sp³-hybridized carbons (Fsp3) is 0.357. The normalized spacial score (nSPS) is 33.6. The van der Waals surface area contributed by atoms with E-state index in [-0.39, 0.29) is 35.2 Å². The molecule has 5 rings (SSSR count). The Morgan fingerprint density at radius 2 is 1.35 bits per heavy atom. The Balaban J connectivity index is 1.46. The van der Waals surface area contributed by atoms with Crippen LogP contribution in [-0.2, 0) is 9.59 Å². The van der Waals surface area contributed by atoms with Gasteiger partial charge in [-0.05, 0) is 42.0 Å². The molecule has 0 saturated heterocycles. The summed E-state index contributed by atoms with van der Waals surface area (Å²) in [7, 11) is 0. The van der Waals surface area contributed by atoms with E-state index in [1.165, 1.54) is 0 Å². The van der Waals surface area contributed by atoms with Crippen LogP contribution in [0.5, 0.6) is 0 Å². The molecular formula is C28H20N4O2. The molecule has 2 aromatic rings. The first kappa shape index (κ1) is 21.6. The van der Waals surface area contributed by atoms with Crippen molar-refractivity contribution in [1.82, 2.24) is 0 Å². The van der Waals surface area contributed by atoms with Gasteiger partial charge in [0.2, 0.25) is 6.04 Å². The molecular weight excluding hydrogens is 424 g/mol. The molecule has 8 unspecified atom stereocenters. The molecule has 34 heavy (non-hydrogen) atoms. The van der Waals surface area contributed by atoms with E-state index in [1.54, 1.807) is 48.5 Å². The molecule has 0 radical (unpaired) electrons. The number of ketones is 2. The van der Waals surface area contributed by atoms with Crippen LogP contribution in [0, 0.1) is 65.4 Å². The predicted molar refractivity (Wildman–Crippen MR) is 122 cm³/mol. The molecule has 6 heteroatoms. The van der Waals surface area contributed by atoms with Crippen molar-refractivity contribution in [2.24, 2.45) is 29.6 Å². The number of hydrogen-bond acceptors (Lipinski definition) is 4. The Bertz CT molecular complexity index is 1230. The highest BCUT2D eigenvalue weighted by atomic mass is 16.1. The summed E-state index contributed by atoms with van der Waals surface area (Å²) in [4.78, 5) is 34.3. The van der Waals surface area contributed by atoms with Gasteiger partial charge < -0.3 is 4.85 Å². The molecule has 6 nitrogen and oxygen atoms in total. The van der Waals surface area contributed by atoms with Gasteiger partial charge in [-0.1, -0.05) is 36.4 Å². The second kappa shape index (κ2) is 8.26. The highest BCUT2D eigenvalue weighted by Gasteiger charge is 2.63. The average molecular weight is 444 g/mol. The lowest BCUT2D eigenvalue weighted by Crippen LogP contribution is -2.35. The number of hydrogen-bond donors (Lipinski definition) is 0. The summed E-state index contributed by atoms with van der Waals surface area (Å²) < 4.78 is 0. The van der Waals surface area contributed by atoms with Crippen molar-refractivity contribution in [2.75, 3.05) is 0 Å². The predicted octanol–water partition coefficient (Wildman–Crippen LogP) is 4.83. The smallest absolute Gasteiger partial charge is 0.240 e. The lowest BCUT2D eigenvalue weighted by atomic mass is 9.68. The summed E-state index contributed by atoms with van der Waals surface area (Å²) in [6.07, 6.45) is 0.905. The van der Waals surface area contributed by atoms with E-state index < -0.39 is 23.8 Å². The van der Waals surface area contributed by atoms with Gasteiger partial charge in [0.15, 0.2) is 11.5 Å². The largest absolute Gasteiger partial charge is 0.312 e. The van der Waals surface area contributed by atoms with Crippen LogP contribution in [0.1, 0.15) is 41.4 Å². The molecule has 0 aromatic heterocycles. The third-order valence-electron chi connectivity index (χ3n) is 8.11. The summed E-state index contributed by atoms with van der Waals surface area (Å²) in [5, 5.41) is 19.1. The van der Waals surface area contributed by atoms with Gasteiger partial charge in [0, 0.05) is 17.8 Å². The van der Waals surface area contributed by atoms with Crippen LogP contribution in [0.4, 0.5) is 5.69 Å². The maximum absolute atomic E-state index is 13.5. The Labute approximate surface area is 198 Å². The van der Waals surface area contributed by atoms with E-state index in [1.807, 2.05) is 0 Å².